The summed E-state index contributed by atoms with van der Waals surface area (Å²) in [6, 6.07) is 7.58. The maximum atomic E-state index is 12.8. The molecule has 0 radical (unpaired) electrons. The molecule has 0 spiro atoms. The summed E-state index contributed by atoms with van der Waals surface area (Å²) >= 11 is 1.47. The van der Waals surface area contributed by atoms with Gasteiger partial charge in [0.15, 0.2) is 5.16 Å². The van der Waals surface area contributed by atoms with E-state index in [1.54, 1.807) is 4.57 Å². The molecule has 26 heavy (non-hydrogen) atoms. The van der Waals surface area contributed by atoms with Crippen LogP contribution in [0, 0.1) is 0 Å². The van der Waals surface area contributed by atoms with Gasteiger partial charge in [0.25, 0.3) is 5.56 Å². The number of hydrogen-bond donors (Lipinski definition) is 1. The van der Waals surface area contributed by atoms with Crippen molar-refractivity contribution in [2.75, 3.05) is 11.1 Å². The second kappa shape index (κ2) is 7.53. The van der Waals surface area contributed by atoms with Crippen molar-refractivity contribution < 1.29 is 9.53 Å². The predicted molar refractivity (Wildman–Crippen MR) is 103 cm³/mol. The van der Waals surface area contributed by atoms with Crippen LogP contribution >= 0.6 is 11.8 Å². The van der Waals surface area contributed by atoms with Crippen LogP contribution in [0.3, 0.4) is 0 Å². The summed E-state index contributed by atoms with van der Waals surface area (Å²) in [5.74, 6) is 1.53. The van der Waals surface area contributed by atoms with Gasteiger partial charge in [0, 0.05) is 24.9 Å². The molecular formula is C19H23N3O3S. The number of amides is 1. The fourth-order valence-electron chi connectivity index (χ4n) is 3.19. The summed E-state index contributed by atoms with van der Waals surface area (Å²) in [4.78, 5) is 29.4. The molecule has 1 amide bonds. The number of aromatic nitrogens is 2. The molecule has 1 aromatic carbocycles. The fraction of sp³-hybridized carbons (Fsp3) is 0.421. The summed E-state index contributed by atoms with van der Waals surface area (Å²) in [6.07, 6.45) is 0.195. The van der Waals surface area contributed by atoms with Gasteiger partial charge in [-0.05, 0) is 25.7 Å². The number of nitrogens with zero attached hydrogens (tertiary/aromatic N) is 2. The number of carbonyl (C=O) groups is 1. The second-order valence-corrected chi connectivity index (χ2v) is 7.69. The van der Waals surface area contributed by atoms with Crippen molar-refractivity contribution in [3.8, 4) is 5.75 Å². The first-order chi connectivity index (χ1) is 12.4. The number of benzene rings is 1. The molecule has 1 atom stereocenters. The Morgan fingerprint density at radius 1 is 1.35 bits per heavy atom. The van der Waals surface area contributed by atoms with E-state index in [4.69, 9.17) is 4.74 Å². The van der Waals surface area contributed by atoms with Crippen LogP contribution in [0.4, 0.5) is 5.82 Å². The van der Waals surface area contributed by atoms with E-state index in [1.165, 1.54) is 11.8 Å². The lowest BCUT2D eigenvalue weighted by atomic mass is 9.86. The molecular weight excluding hydrogens is 350 g/mol. The van der Waals surface area contributed by atoms with Gasteiger partial charge in [-0.2, -0.15) is 4.98 Å². The van der Waals surface area contributed by atoms with Gasteiger partial charge < -0.3 is 14.6 Å². The van der Waals surface area contributed by atoms with Gasteiger partial charge in [0.1, 0.15) is 11.6 Å². The predicted octanol–water partition coefficient (Wildman–Crippen LogP) is 3.15. The zero-order valence-corrected chi connectivity index (χ0v) is 16.2. The summed E-state index contributed by atoms with van der Waals surface area (Å²) in [7, 11) is 1.82. The van der Waals surface area contributed by atoms with Gasteiger partial charge in [0.2, 0.25) is 5.91 Å². The van der Waals surface area contributed by atoms with Crippen LogP contribution < -0.4 is 15.6 Å². The van der Waals surface area contributed by atoms with Gasteiger partial charge in [-0.15, -0.1) is 0 Å². The van der Waals surface area contributed by atoms with Crippen LogP contribution in [0.2, 0.25) is 0 Å². The largest absolute Gasteiger partial charge is 0.491 e. The normalized spacial score (nSPS) is 16.3. The molecule has 0 aliphatic carbocycles. The maximum absolute atomic E-state index is 12.8. The topological polar surface area (TPSA) is 73.2 Å². The molecule has 7 heteroatoms. The van der Waals surface area contributed by atoms with E-state index in [9.17, 15) is 9.59 Å². The van der Waals surface area contributed by atoms with Crippen molar-refractivity contribution in [2.24, 2.45) is 7.05 Å². The van der Waals surface area contributed by atoms with Gasteiger partial charge in [-0.25, -0.2) is 0 Å². The molecule has 0 fully saturated rings. The minimum atomic E-state index is -0.374. The van der Waals surface area contributed by atoms with Gasteiger partial charge >= 0.3 is 0 Å². The zero-order valence-electron chi connectivity index (χ0n) is 15.4. The molecule has 0 saturated carbocycles. The monoisotopic (exact) mass is 373 g/mol. The minimum Gasteiger partial charge on any atom is -0.491 e. The molecule has 1 aliphatic rings. The van der Waals surface area contributed by atoms with Crippen molar-refractivity contribution in [1.82, 2.24) is 9.55 Å². The maximum Gasteiger partial charge on any atom is 0.279 e. The molecule has 2 heterocycles. The number of carbonyl (C=O) groups excluding carboxylic acids is 1. The second-order valence-electron chi connectivity index (χ2n) is 6.46. The van der Waals surface area contributed by atoms with Crippen molar-refractivity contribution in [3.63, 3.8) is 0 Å². The molecule has 1 aliphatic heterocycles. The Balaban J connectivity index is 2.18. The SMILES string of the molecule is CCSc1nc(=O)c2c(n1C)NC(=O)C[C@@H]2c1ccccc1OC(C)C. The summed E-state index contributed by atoms with van der Waals surface area (Å²) < 4.78 is 7.71. The molecule has 2 aromatic rings. The number of para-hydroxylation sites is 1. The number of nitrogens with one attached hydrogen (secondary N) is 1. The van der Waals surface area contributed by atoms with E-state index < -0.39 is 0 Å². The lowest BCUT2D eigenvalue weighted by Crippen LogP contribution is -2.33. The molecule has 6 nitrogen and oxygen atoms in total. The van der Waals surface area contributed by atoms with Crippen LogP contribution in [0.15, 0.2) is 34.2 Å². The number of thioether (sulfide) groups is 1. The van der Waals surface area contributed by atoms with E-state index in [1.807, 2.05) is 52.1 Å². The third-order valence-electron chi connectivity index (χ3n) is 4.23. The zero-order chi connectivity index (χ0) is 18.8. The van der Waals surface area contributed by atoms with E-state index in [0.717, 1.165) is 11.3 Å². The Morgan fingerprint density at radius 2 is 2.08 bits per heavy atom. The van der Waals surface area contributed by atoms with E-state index in [2.05, 4.69) is 10.3 Å². The summed E-state index contributed by atoms with van der Waals surface area (Å²) in [6.45, 7) is 5.90. The van der Waals surface area contributed by atoms with Crippen LogP contribution in [-0.4, -0.2) is 27.3 Å². The quantitative estimate of drug-likeness (QED) is 0.644. The van der Waals surface area contributed by atoms with E-state index >= 15 is 0 Å². The lowest BCUT2D eigenvalue weighted by molar-refractivity contribution is -0.116. The molecule has 0 unspecified atom stereocenters. The van der Waals surface area contributed by atoms with Crippen LogP contribution in [0.5, 0.6) is 5.75 Å². The third kappa shape index (κ3) is 3.49. The average Bonchev–Trinajstić information content (AvgIpc) is 2.59. The van der Waals surface area contributed by atoms with Crippen molar-refractivity contribution in [1.29, 1.82) is 0 Å². The first kappa shape index (κ1) is 18.5. The van der Waals surface area contributed by atoms with Crippen molar-refractivity contribution >= 4 is 23.5 Å². The highest BCUT2D eigenvalue weighted by Crippen LogP contribution is 2.39. The molecule has 138 valence electrons. The van der Waals surface area contributed by atoms with Crippen LogP contribution in [-0.2, 0) is 11.8 Å². The van der Waals surface area contributed by atoms with Gasteiger partial charge in [-0.3, -0.25) is 9.59 Å². The Kier molecular flexibility index (Phi) is 5.36. The highest BCUT2D eigenvalue weighted by atomic mass is 32.2. The summed E-state index contributed by atoms with van der Waals surface area (Å²) in [5.41, 5.74) is 1.07. The average molecular weight is 373 g/mol. The minimum absolute atomic E-state index is 0.00248. The lowest BCUT2D eigenvalue weighted by Gasteiger charge is -2.28. The Bertz CT molecular complexity index is 892. The first-order valence-corrected chi connectivity index (χ1v) is 9.70. The number of fused-ring (bicyclic) bond motifs is 1. The molecule has 1 N–H and O–H groups in total. The van der Waals surface area contributed by atoms with E-state index in [-0.39, 0.29) is 29.9 Å². The number of hydrogen-bond acceptors (Lipinski definition) is 5. The number of rotatable bonds is 5. The summed E-state index contributed by atoms with van der Waals surface area (Å²) in [5, 5.41) is 3.46. The Labute approximate surface area is 157 Å². The first-order valence-electron chi connectivity index (χ1n) is 8.71. The van der Waals surface area contributed by atoms with Crippen LogP contribution in [0.25, 0.3) is 0 Å². The molecule has 0 bridgehead atoms. The Morgan fingerprint density at radius 3 is 2.77 bits per heavy atom. The van der Waals surface area contributed by atoms with E-state index in [0.29, 0.717) is 22.3 Å². The third-order valence-corrected chi connectivity index (χ3v) is 5.14. The van der Waals surface area contributed by atoms with Crippen LogP contribution in [0.1, 0.15) is 44.2 Å². The van der Waals surface area contributed by atoms with Gasteiger partial charge in [0.05, 0.1) is 11.7 Å². The standard InChI is InChI=1S/C19H23N3O3S/c1-5-26-19-21-18(24)16-13(10-15(23)20-17(16)22(19)4)12-8-6-7-9-14(12)25-11(2)3/h6-9,11,13H,5,10H2,1-4H3,(H,20,23)/t13-/m1/s1. The number of ether oxygens (including phenoxy) is 1. The van der Waals surface area contributed by atoms with Gasteiger partial charge in [-0.1, -0.05) is 36.9 Å². The fourth-order valence-corrected chi connectivity index (χ4v) is 3.88. The molecule has 1 aromatic heterocycles. The highest BCUT2D eigenvalue weighted by Gasteiger charge is 2.33. The molecule has 0 saturated heterocycles. The Hall–Kier alpha value is -2.28. The van der Waals surface area contributed by atoms with Crippen molar-refractivity contribution in [2.45, 2.75) is 44.4 Å². The number of anilines is 1. The van der Waals surface area contributed by atoms with Crippen molar-refractivity contribution in [3.05, 3.63) is 45.7 Å². The molecule has 3 rings (SSSR count). The smallest absolute Gasteiger partial charge is 0.279 e. The highest BCUT2D eigenvalue weighted by molar-refractivity contribution is 7.99.